The molecule has 180 valence electrons. The summed E-state index contributed by atoms with van der Waals surface area (Å²) in [6.45, 7) is 0. The molecule has 0 saturated carbocycles. The summed E-state index contributed by atoms with van der Waals surface area (Å²) in [5, 5.41) is 26.4. The monoisotopic (exact) mass is 496 g/mol. The molecular formula is C32H18F2N4. The van der Waals surface area contributed by atoms with Gasteiger partial charge < -0.3 is 0 Å². The number of nitriles is 1. The lowest BCUT2D eigenvalue weighted by atomic mass is 9.88. The maximum atomic E-state index is 14.1. The van der Waals surface area contributed by atoms with Crippen LogP contribution in [0.3, 0.4) is 0 Å². The number of hydrogen-bond acceptors (Lipinski definition) is 4. The first-order valence-electron chi connectivity index (χ1n) is 11.8. The molecule has 2 N–H and O–H groups in total. The Kier molecular flexibility index (Phi) is 5.47. The first kappa shape index (κ1) is 23.1. The Hall–Kier alpha value is -5.28. The third kappa shape index (κ3) is 3.78. The summed E-state index contributed by atoms with van der Waals surface area (Å²) in [4.78, 5) is 4.89. The number of nitrogens with zero attached hydrogens (tertiary/aromatic N) is 2. The predicted octanol–water partition coefficient (Wildman–Crippen LogP) is 7.80. The van der Waals surface area contributed by atoms with Crippen LogP contribution in [0.2, 0.25) is 0 Å². The van der Waals surface area contributed by atoms with Crippen LogP contribution in [-0.2, 0) is 0 Å². The number of pyridine rings is 1. The smallest absolute Gasteiger partial charge is 0.144 e. The Labute approximate surface area is 217 Å². The number of rotatable bonds is 3. The number of hydrogen-bond donors (Lipinski definition) is 2. The molecule has 6 rings (SSSR count). The Morgan fingerprint density at radius 1 is 0.684 bits per heavy atom. The molecule has 0 amide bonds. The van der Waals surface area contributed by atoms with Gasteiger partial charge in [0.05, 0.1) is 22.6 Å². The predicted molar refractivity (Wildman–Crippen MR) is 146 cm³/mol. The largest absolute Gasteiger partial charge is 0.299 e. The van der Waals surface area contributed by atoms with Gasteiger partial charge in [0.2, 0.25) is 0 Å². The average Bonchev–Trinajstić information content (AvgIpc) is 2.94. The lowest BCUT2D eigenvalue weighted by Crippen LogP contribution is -2.17. The fourth-order valence-electron chi connectivity index (χ4n) is 4.79. The lowest BCUT2D eigenvalue weighted by molar-refractivity contribution is 0.577. The van der Waals surface area contributed by atoms with Gasteiger partial charge in [-0.3, -0.25) is 10.8 Å². The third-order valence-corrected chi connectivity index (χ3v) is 6.73. The van der Waals surface area contributed by atoms with Crippen LogP contribution in [0.1, 0.15) is 16.7 Å². The minimum atomic E-state index is -0.881. The van der Waals surface area contributed by atoms with E-state index in [1.165, 1.54) is 0 Å². The minimum Gasteiger partial charge on any atom is -0.299 e. The first-order valence-corrected chi connectivity index (χ1v) is 11.8. The van der Waals surface area contributed by atoms with E-state index in [9.17, 15) is 8.78 Å². The second kappa shape index (κ2) is 8.99. The number of halogens is 2. The second-order valence-corrected chi connectivity index (χ2v) is 8.97. The van der Waals surface area contributed by atoms with Gasteiger partial charge in [0, 0.05) is 22.1 Å². The number of allylic oxidation sites excluding steroid dienone is 1. The van der Waals surface area contributed by atoms with Crippen LogP contribution in [0.15, 0.2) is 91.0 Å². The molecule has 1 aromatic heterocycles. The van der Waals surface area contributed by atoms with E-state index in [2.05, 4.69) is 0 Å². The van der Waals surface area contributed by atoms with Crippen LogP contribution in [0.4, 0.5) is 8.78 Å². The van der Waals surface area contributed by atoms with Crippen molar-refractivity contribution in [2.75, 3.05) is 0 Å². The Bertz CT molecular complexity index is 1840. The van der Waals surface area contributed by atoms with Gasteiger partial charge in [0.1, 0.15) is 23.3 Å². The molecule has 4 aromatic carbocycles. The van der Waals surface area contributed by atoms with Gasteiger partial charge in [0.25, 0.3) is 0 Å². The molecule has 0 fully saturated rings. The summed E-state index contributed by atoms with van der Waals surface area (Å²) in [6, 6.07) is 26.8. The van der Waals surface area contributed by atoms with Crippen molar-refractivity contribution in [2.45, 2.75) is 0 Å². The Morgan fingerprint density at radius 3 is 1.84 bits per heavy atom. The molecule has 0 radical (unpaired) electrons. The molecule has 0 saturated heterocycles. The Balaban J connectivity index is 1.36. The first-order chi connectivity index (χ1) is 18.4. The SMILES string of the molecule is N#Cc1c(F)cc(-c2ccc(-c3ccc(-c4nc5ccccc5c5c4C=CC(=N)C5=N)cc3)cc2)cc1F. The molecule has 0 atom stereocenters. The van der Waals surface area contributed by atoms with Crippen LogP contribution in [0.25, 0.3) is 50.5 Å². The van der Waals surface area contributed by atoms with Gasteiger partial charge in [-0.05, 0) is 52.6 Å². The van der Waals surface area contributed by atoms with Gasteiger partial charge in [-0.15, -0.1) is 0 Å². The van der Waals surface area contributed by atoms with Gasteiger partial charge in [-0.25, -0.2) is 13.8 Å². The standard InChI is InChI=1S/C32H18F2N4/c33-26-15-22(16-27(34)25(26)17-35)20-7-5-18(6-8-20)19-9-11-21(12-10-19)32-24-13-14-28(36)31(37)30(24)23-3-1-2-4-29(23)38-32/h1-16,36-37H. The van der Waals surface area contributed by atoms with Crippen molar-refractivity contribution < 1.29 is 8.78 Å². The Morgan fingerprint density at radius 2 is 1.24 bits per heavy atom. The van der Waals surface area contributed by atoms with Crippen LogP contribution >= 0.6 is 0 Å². The van der Waals surface area contributed by atoms with Crippen molar-refractivity contribution in [3.05, 3.63) is 119 Å². The van der Waals surface area contributed by atoms with Crippen LogP contribution in [0.5, 0.6) is 0 Å². The molecule has 1 aliphatic rings. The van der Waals surface area contributed by atoms with Crippen LogP contribution in [0, 0.1) is 33.8 Å². The van der Waals surface area contributed by atoms with E-state index in [1.807, 2.05) is 66.7 Å². The van der Waals surface area contributed by atoms with Crippen LogP contribution < -0.4 is 0 Å². The van der Waals surface area contributed by atoms with E-state index in [0.29, 0.717) is 16.7 Å². The highest BCUT2D eigenvalue weighted by atomic mass is 19.1. The van der Waals surface area contributed by atoms with Crippen molar-refractivity contribution in [1.82, 2.24) is 4.98 Å². The molecule has 4 nitrogen and oxygen atoms in total. The van der Waals surface area contributed by atoms with E-state index in [0.717, 1.165) is 51.0 Å². The van der Waals surface area contributed by atoms with Crippen LogP contribution in [-0.4, -0.2) is 16.4 Å². The quantitative estimate of drug-likeness (QED) is 0.267. The number of fused-ring (bicyclic) bond motifs is 3. The summed E-state index contributed by atoms with van der Waals surface area (Å²) in [5.41, 5.74) is 6.60. The van der Waals surface area contributed by atoms with Gasteiger partial charge >= 0.3 is 0 Å². The normalized spacial score (nSPS) is 12.4. The number of aromatic nitrogens is 1. The number of para-hydroxylation sites is 1. The molecule has 0 spiro atoms. The van der Waals surface area contributed by atoms with Crippen molar-refractivity contribution in [3.8, 4) is 39.6 Å². The van der Waals surface area contributed by atoms with Crippen molar-refractivity contribution >= 4 is 28.4 Å². The van der Waals surface area contributed by atoms with Crippen molar-refractivity contribution in [3.63, 3.8) is 0 Å². The fourth-order valence-corrected chi connectivity index (χ4v) is 4.79. The van der Waals surface area contributed by atoms with E-state index in [1.54, 1.807) is 24.3 Å². The van der Waals surface area contributed by atoms with Gasteiger partial charge in [0.15, 0.2) is 0 Å². The van der Waals surface area contributed by atoms with Crippen molar-refractivity contribution in [2.24, 2.45) is 0 Å². The second-order valence-electron chi connectivity index (χ2n) is 8.97. The highest BCUT2D eigenvalue weighted by Crippen LogP contribution is 2.35. The fraction of sp³-hybridized carbons (Fsp3) is 0. The maximum absolute atomic E-state index is 14.1. The summed E-state index contributed by atoms with van der Waals surface area (Å²) in [5.74, 6) is -1.76. The molecule has 0 aliphatic heterocycles. The zero-order chi connectivity index (χ0) is 26.4. The van der Waals surface area contributed by atoms with Crippen molar-refractivity contribution in [1.29, 1.82) is 16.1 Å². The van der Waals surface area contributed by atoms with E-state index in [4.69, 9.17) is 21.1 Å². The van der Waals surface area contributed by atoms with Gasteiger partial charge in [-0.2, -0.15) is 5.26 Å². The zero-order valence-corrected chi connectivity index (χ0v) is 19.9. The highest BCUT2D eigenvalue weighted by Gasteiger charge is 2.22. The molecule has 38 heavy (non-hydrogen) atoms. The van der Waals surface area contributed by atoms with E-state index < -0.39 is 17.2 Å². The lowest BCUT2D eigenvalue weighted by Gasteiger charge is -2.19. The summed E-state index contributed by atoms with van der Waals surface area (Å²) in [7, 11) is 0. The molecule has 1 heterocycles. The number of nitrogens with one attached hydrogen (secondary N) is 2. The van der Waals surface area contributed by atoms with E-state index >= 15 is 0 Å². The van der Waals surface area contributed by atoms with Gasteiger partial charge in [-0.1, -0.05) is 66.7 Å². The maximum Gasteiger partial charge on any atom is 0.144 e. The zero-order valence-electron chi connectivity index (χ0n) is 19.9. The molecule has 1 aliphatic carbocycles. The minimum absolute atomic E-state index is 0.171. The molecule has 6 heteroatoms. The molecule has 5 aromatic rings. The topological polar surface area (TPSA) is 84.4 Å². The highest BCUT2D eigenvalue weighted by molar-refractivity contribution is 6.54. The third-order valence-electron chi connectivity index (χ3n) is 6.73. The number of benzene rings is 4. The molecular weight excluding hydrogens is 478 g/mol. The summed E-state index contributed by atoms with van der Waals surface area (Å²) >= 11 is 0. The summed E-state index contributed by atoms with van der Waals surface area (Å²) < 4.78 is 28.1. The molecule has 0 unspecified atom stereocenters. The summed E-state index contributed by atoms with van der Waals surface area (Å²) in [6.07, 6.45) is 3.48. The molecule has 0 bridgehead atoms. The van der Waals surface area contributed by atoms with E-state index in [-0.39, 0.29) is 11.4 Å². The average molecular weight is 497 g/mol.